The summed E-state index contributed by atoms with van der Waals surface area (Å²) in [7, 11) is 1.64. The second-order valence-corrected chi connectivity index (χ2v) is 6.10. The van der Waals surface area contributed by atoms with Crippen LogP contribution in [0.3, 0.4) is 0 Å². The minimum absolute atomic E-state index is 0.0564. The van der Waals surface area contributed by atoms with Gasteiger partial charge in [-0.3, -0.25) is 5.32 Å². The maximum absolute atomic E-state index is 11.9. The van der Waals surface area contributed by atoms with E-state index in [1.54, 1.807) is 20.1 Å². The first-order valence-corrected chi connectivity index (χ1v) is 8.98. The molecule has 144 valence electrons. The average molecular weight is 377 g/mol. The van der Waals surface area contributed by atoms with Gasteiger partial charge in [-0.2, -0.15) is 0 Å². The Morgan fingerprint density at radius 1 is 1.25 bits per heavy atom. The molecule has 0 fully saturated rings. The lowest BCUT2D eigenvalue weighted by molar-refractivity contribution is 0.176. The lowest BCUT2D eigenvalue weighted by atomic mass is 10.1. The Morgan fingerprint density at radius 3 is 2.79 bits per heavy atom. The van der Waals surface area contributed by atoms with E-state index in [0.717, 1.165) is 34.5 Å². The molecule has 0 radical (unpaired) electrons. The number of aryl methyl sites for hydroxylation is 1. The molecule has 1 amide bonds. The van der Waals surface area contributed by atoms with E-state index in [0.29, 0.717) is 11.4 Å². The molecule has 3 aromatic rings. The van der Waals surface area contributed by atoms with Crippen molar-refractivity contribution >= 4 is 28.4 Å². The summed E-state index contributed by atoms with van der Waals surface area (Å²) in [4.78, 5) is 11.9. The molecular formula is C22H23N3O3. The number of nitrogens with zero attached hydrogens (tertiary/aromatic N) is 1. The predicted molar refractivity (Wildman–Crippen MR) is 112 cm³/mol. The number of nitrogens with one attached hydrogen (secondary N) is 1. The van der Waals surface area contributed by atoms with Gasteiger partial charge in [0.2, 0.25) is 0 Å². The van der Waals surface area contributed by atoms with Gasteiger partial charge in [0.05, 0.1) is 24.0 Å². The van der Waals surface area contributed by atoms with Crippen molar-refractivity contribution in [3.63, 3.8) is 0 Å². The van der Waals surface area contributed by atoms with Gasteiger partial charge in [-0.1, -0.05) is 18.1 Å². The summed E-state index contributed by atoms with van der Waals surface area (Å²) in [6.45, 7) is 4.56. The Labute approximate surface area is 164 Å². The van der Waals surface area contributed by atoms with Crippen LogP contribution in [0.5, 0.6) is 5.75 Å². The van der Waals surface area contributed by atoms with Gasteiger partial charge in [0.25, 0.3) is 0 Å². The number of carbonyl (C=O) groups excluding carboxylic acids is 1. The molecule has 6 nitrogen and oxygen atoms in total. The van der Waals surface area contributed by atoms with Crippen LogP contribution in [0.1, 0.15) is 13.8 Å². The largest absolute Gasteiger partial charge is 0.497 e. The van der Waals surface area contributed by atoms with E-state index in [-0.39, 0.29) is 6.61 Å². The molecule has 2 aromatic carbocycles. The highest BCUT2D eigenvalue weighted by Gasteiger charge is 2.17. The molecule has 0 atom stereocenters. The number of amides is 1. The van der Waals surface area contributed by atoms with Crippen LogP contribution in [0, 0.1) is 11.8 Å². The molecule has 6 heteroatoms. The smallest absolute Gasteiger partial charge is 0.412 e. The normalized spacial score (nSPS) is 10.2. The van der Waals surface area contributed by atoms with Crippen LogP contribution < -0.4 is 15.8 Å². The fourth-order valence-corrected chi connectivity index (χ4v) is 3.19. The Morgan fingerprint density at radius 2 is 2.07 bits per heavy atom. The third kappa shape index (κ3) is 3.74. The summed E-state index contributed by atoms with van der Waals surface area (Å²) in [5, 5.41) is 3.69. The monoisotopic (exact) mass is 377 g/mol. The molecule has 1 heterocycles. The number of fused-ring (bicyclic) bond motifs is 1. The lowest BCUT2D eigenvalue weighted by Gasteiger charge is -2.11. The average Bonchev–Trinajstić information content (AvgIpc) is 2.99. The van der Waals surface area contributed by atoms with Crippen molar-refractivity contribution in [1.82, 2.24) is 4.57 Å². The van der Waals surface area contributed by atoms with Gasteiger partial charge in [0, 0.05) is 29.2 Å². The zero-order chi connectivity index (χ0) is 20.1. The minimum atomic E-state index is -0.548. The molecular weight excluding hydrogens is 354 g/mol. The van der Waals surface area contributed by atoms with Gasteiger partial charge in [-0.15, -0.1) is 5.92 Å². The molecule has 0 aliphatic rings. The van der Waals surface area contributed by atoms with Gasteiger partial charge in [0.15, 0.2) is 6.61 Å². The number of hydrogen-bond acceptors (Lipinski definition) is 4. The van der Waals surface area contributed by atoms with Crippen molar-refractivity contribution in [2.24, 2.45) is 0 Å². The lowest BCUT2D eigenvalue weighted by Crippen LogP contribution is -2.13. The molecule has 0 unspecified atom stereocenters. The number of carbonyl (C=O) groups is 1. The minimum Gasteiger partial charge on any atom is -0.497 e. The molecule has 0 saturated heterocycles. The number of benzene rings is 2. The van der Waals surface area contributed by atoms with Crippen molar-refractivity contribution in [2.45, 2.75) is 20.4 Å². The van der Waals surface area contributed by atoms with Crippen molar-refractivity contribution in [2.75, 3.05) is 24.8 Å². The quantitative estimate of drug-likeness (QED) is 0.642. The maximum atomic E-state index is 11.9. The number of hydrogen-bond donors (Lipinski definition) is 2. The summed E-state index contributed by atoms with van der Waals surface area (Å²) >= 11 is 0. The molecule has 3 rings (SSSR count). The predicted octanol–water partition coefficient (Wildman–Crippen LogP) is 4.49. The maximum Gasteiger partial charge on any atom is 0.412 e. The van der Waals surface area contributed by atoms with E-state index in [2.05, 4.69) is 28.6 Å². The van der Waals surface area contributed by atoms with Crippen LogP contribution in [0.2, 0.25) is 0 Å². The zero-order valence-corrected chi connectivity index (χ0v) is 16.2. The fourth-order valence-electron chi connectivity index (χ4n) is 3.19. The van der Waals surface area contributed by atoms with Crippen molar-refractivity contribution in [3.8, 4) is 28.8 Å². The van der Waals surface area contributed by atoms with Gasteiger partial charge < -0.3 is 19.8 Å². The first-order chi connectivity index (χ1) is 13.6. The van der Waals surface area contributed by atoms with Crippen LogP contribution in [0.4, 0.5) is 16.2 Å². The second kappa shape index (κ2) is 8.40. The zero-order valence-electron chi connectivity index (χ0n) is 16.2. The van der Waals surface area contributed by atoms with E-state index in [1.165, 1.54) is 0 Å². The fraction of sp³-hybridized carbons (Fsp3) is 0.227. The third-order valence-corrected chi connectivity index (χ3v) is 4.46. The number of rotatable bonds is 5. The number of nitrogen functional groups attached to an aromatic ring is 1. The van der Waals surface area contributed by atoms with Crippen molar-refractivity contribution < 1.29 is 14.3 Å². The van der Waals surface area contributed by atoms with E-state index in [4.69, 9.17) is 15.2 Å². The third-order valence-electron chi connectivity index (χ3n) is 4.46. The van der Waals surface area contributed by atoms with E-state index in [9.17, 15) is 4.79 Å². The molecule has 0 aliphatic carbocycles. The number of nitrogens with two attached hydrogens (primary N) is 1. The topological polar surface area (TPSA) is 78.5 Å². The van der Waals surface area contributed by atoms with Crippen LogP contribution in [-0.4, -0.2) is 24.4 Å². The van der Waals surface area contributed by atoms with Gasteiger partial charge in [0.1, 0.15) is 5.75 Å². The first kappa shape index (κ1) is 19.2. The molecule has 0 aliphatic heterocycles. The van der Waals surface area contributed by atoms with Crippen LogP contribution >= 0.6 is 0 Å². The van der Waals surface area contributed by atoms with Gasteiger partial charge in [-0.25, -0.2) is 4.79 Å². The van der Waals surface area contributed by atoms with Crippen molar-refractivity contribution in [1.29, 1.82) is 0 Å². The number of methoxy groups -OCH3 is 1. The standard InChI is InChI=1S/C22H23N3O3/c1-4-6-12-28-22(26)24-16-9-7-8-15(13-16)21-20(23)18-11-10-17(27-3)14-19(18)25(21)5-2/h7-11,13-14H,5,12,23H2,1-3H3,(H,24,26). The SMILES string of the molecule is CC#CCOC(=O)Nc1cccc(-c2c(N)c3ccc(OC)cc3n2CC)c1. The summed E-state index contributed by atoms with van der Waals surface area (Å²) < 4.78 is 12.5. The molecule has 0 spiro atoms. The van der Waals surface area contributed by atoms with Crippen LogP contribution in [0.25, 0.3) is 22.2 Å². The Balaban J connectivity index is 1.99. The Hall–Kier alpha value is -3.59. The van der Waals surface area contributed by atoms with E-state index < -0.39 is 6.09 Å². The van der Waals surface area contributed by atoms with E-state index >= 15 is 0 Å². The molecule has 0 saturated carbocycles. The number of aromatic nitrogens is 1. The van der Waals surface area contributed by atoms with Crippen molar-refractivity contribution in [3.05, 3.63) is 42.5 Å². The second-order valence-electron chi connectivity index (χ2n) is 6.10. The molecule has 1 aromatic heterocycles. The summed E-state index contributed by atoms with van der Waals surface area (Å²) in [5.41, 5.74) is 10.6. The van der Waals surface area contributed by atoms with E-state index in [1.807, 2.05) is 36.4 Å². The molecule has 3 N–H and O–H groups in total. The van der Waals surface area contributed by atoms with Crippen LogP contribution in [0.15, 0.2) is 42.5 Å². The van der Waals surface area contributed by atoms with Gasteiger partial charge in [-0.05, 0) is 38.1 Å². The highest BCUT2D eigenvalue weighted by atomic mass is 16.5. The number of anilines is 2. The highest BCUT2D eigenvalue weighted by molar-refractivity contribution is 6.02. The molecule has 0 bridgehead atoms. The number of ether oxygens (including phenoxy) is 2. The van der Waals surface area contributed by atoms with Crippen LogP contribution in [-0.2, 0) is 11.3 Å². The molecule has 28 heavy (non-hydrogen) atoms. The summed E-state index contributed by atoms with van der Waals surface area (Å²) in [6.07, 6.45) is -0.548. The van der Waals surface area contributed by atoms with Gasteiger partial charge >= 0.3 is 6.09 Å². The summed E-state index contributed by atoms with van der Waals surface area (Å²) in [6, 6.07) is 13.4. The Kier molecular flexibility index (Phi) is 5.75. The highest BCUT2D eigenvalue weighted by Crippen LogP contribution is 2.38. The summed E-state index contributed by atoms with van der Waals surface area (Å²) in [5.74, 6) is 6.14. The first-order valence-electron chi connectivity index (χ1n) is 8.98. The Bertz CT molecular complexity index is 1070.